The topological polar surface area (TPSA) is 87.4 Å². The van der Waals surface area contributed by atoms with Gasteiger partial charge in [0.05, 0.1) is 11.6 Å². The molecule has 102 valence electrons. The summed E-state index contributed by atoms with van der Waals surface area (Å²) in [4.78, 5) is 8.39. The van der Waals surface area contributed by atoms with E-state index in [4.69, 9.17) is 5.73 Å². The summed E-state index contributed by atoms with van der Waals surface area (Å²) in [5.41, 5.74) is 16.8. The van der Waals surface area contributed by atoms with Crippen molar-refractivity contribution < 1.29 is 0 Å². The van der Waals surface area contributed by atoms with E-state index in [0.29, 0.717) is 12.4 Å². The number of nitrogens with one attached hydrogen (secondary N) is 3. The predicted octanol–water partition coefficient (Wildman–Crippen LogP) is 0.587. The van der Waals surface area contributed by atoms with E-state index in [2.05, 4.69) is 38.5 Å². The zero-order valence-electron chi connectivity index (χ0n) is 10.9. The highest BCUT2D eigenvalue weighted by Crippen LogP contribution is 2.12. The molecule has 1 aromatic carbocycles. The van der Waals surface area contributed by atoms with Gasteiger partial charge in [0.1, 0.15) is 5.84 Å². The Balaban J connectivity index is 1.52. The first-order valence-electron chi connectivity index (χ1n) is 6.40. The number of rotatable bonds is 4. The molecule has 5 N–H and O–H groups in total. The maximum atomic E-state index is 5.78. The molecule has 0 fully saturated rings. The number of pyridine rings is 1. The SMILES string of the molecule is NC1C=CN=C1NNNCc1ccc2ncccc2c1. The molecule has 0 radical (unpaired) electrons. The number of hydrogen-bond donors (Lipinski definition) is 4. The monoisotopic (exact) mass is 268 g/mol. The number of aliphatic imine (C=N–C) groups is 1. The molecule has 0 aliphatic carbocycles. The fraction of sp³-hybridized carbons (Fsp3) is 0.143. The minimum absolute atomic E-state index is 0.170. The molecule has 2 aromatic rings. The van der Waals surface area contributed by atoms with Crippen molar-refractivity contribution in [2.45, 2.75) is 12.6 Å². The minimum Gasteiger partial charge on any atom is -0.318 e. The molecule has 2 heterocycles. The van der Waals surface area contributed by atoms with Crippen molar-refractivity contribution in [2.24, 2.45) is 10.7 Å². The van der Waals surface area contributed by atoms with Gasteiger partial charge in [-0.05, 0) is 29.8 Å². The fourth-order valence-electron chi connectivity index (χ4n) is 2.00. The Morgan fingerprint density at radius 1 is 1.25 bits per heavy atom. The van der Waals surface area contributed by atoms with E-state index < -0.39 is 0 Å². The highest BCUT2D eigenvalue weighted by atomic mass is 15.6. The number of amidine groups is 1. The van der Waals surface area contributed by atoms with Crippen LogP contribution in [0.2, 0.25) is 0 Å². The van der Waals surface area contributed by atoms with Crippen molar-refractivity contribution in [3.8, 4) is 0 Å². The summed E-state index contributed by atoms with van der Waals surface area (Å²) in [5, 5.41) is 1.13. The summed E-state index contributed by atoms with van der Waals surface area (Å²) in [7, 11) is 0. The Kier molecular flexibility index (Phi) is 3.69. The second kappa shape index (κ2) is 5.79. The van der Waals surface area contributed by atoms with Crippen LogP contribution in [0.15, 0.2) is 53.8 Å². The molecule has 1 aliphatic heterocycles. The third-order valence-electron chi connectivity index (χ3n) is 3.06. The van der Waals surface area contributed by atoms with Gasteiger partial charge in [0.15, 0.2) is 0 Å². The van der Waals surface area contributed by atoms with Crippen molar-refractivity contribution in [3.63, 3.8) is 0 Å². The maximum Gasteiger partial charge on any atom is 0.138 e. The van der Waals surface area contributed by atoms with Gasteiger partial charge in [-0.3, -0.25) is 10.4 Å². The van der Waals surface area contributed by atoms with Gasteiger partial charge in [0.25, 0.3) is 0 Å². The number of nitrogens with two attached hydrogens (primary N) is 1. The standard InChI is InChI=1S/C14H16N6/c15-12-5-7-17-14(12)19-20-18-9-10-3-4-13-11(8-10)2-1-6-16-13/h1-8,12,18,20H,9,15H2,(H,17,19). The molecule has 6 heteroatoms. The van der Waals surface area contributed by atoms with Gasteiger partial charge < -0.3 is 5.73 Å². The molecular formula is C14H16N6. The molecule has 3 rings (SSSR count). The zero-order valence-corrected chi connectivity index (χ0v) is 10.9. The molecule has 20 heavy (non-hydrogen) atoms. The molecule has 0 saturated heterocycles. The summed E-state index contributed by atoms with van der Waals surface area (Å²) in [5.74, 6) is 0.695. The first kappa shape index (κ1) is 12.7. The van der Waals surface area contributed by atoms with Crippen molar-refractivity contribution in [2.75, 3.05) is 0 Å². The lowest BCUT2D eigenvalue weighted by Crippen LogP contribution is -2.50. The summed E-state index contributed by atoms with van der Waals surface area (Å²) in [6, 6.07) is 9.99. The molecule has 1 aromatic heterocycles. The number of benzene rings is 1. The summed E-state index contributed by atoms with van der Waals surface area (Å²) >= 11 is 0. The second-order valence-electron chi connectivity index (χ2n) is 4.52. The largest absolute Gasteiger partial charge is 0.318 e. The van der Waals surface area contributed by atoms with Crippen LogP contribution in [-0.4, -0.2) is 16.9 Å². The summed E-state index contributed by atoms with van der Waals surface area (Å²) in [6.07, 6.45) is 5.30. The molecule has 0 bridgehead atoms. The summed E-state index contributed by atoms with van der Waals surface area (Å²) in [6.45, 7) is 0.674. The molecule has 0 spiro atoms. The average molecular weight is 268 g/mol. The third kappa shape index (κ3) is 2.83. The number of hydrogen-bond acceptors (Lipinski definition) is 6. The van der Waals surface area contributed by atoms with Crippen LogP contribution >= 0.6 is 0 Å². The van der Waals surface area contributed by atoms with E-state index in [1.54, 1.807) is 12.4 Å². The van der Waals surface area contributed by atoms with Gasteiger partial charge in [-0.2, -0.15) is 5.53 Å². The Hall–Kier alpha value is -2.28. The van der Waals surface area contributed by atoms with Gasteiger partial charge in [-0.1, -0.05) is 12.1 Å². The first-order valence-corrected chi connectivity index (χ1v) is 6.40. The van der Waals surface area contributed by atoms with Crippen LogP contribution < -0.4 is 22.1 Å². The third-order valence-corrected chi connectivity index (χ3v) is 3.06. The first-order chi connectivity index (χ1) is 9.83. The van der Waals surface area contributed by atoms with Gasteiger partial charge in [-0.25, -0.2) is 10.4 Å². The highest BCUT2D eigenvalue weighted by molar-refractivity contribution is 5.90. The minimum atomic E-state index is -0.170. The summed E-state index contributed by atoms with van der Waals surface area (Å²) < 4.78 is 0. The average Bonchev–Trinajstić information content (AvgIpc) is 2.89. The molecule has 0 saturated carbocycles. The predicted molar refractivity (Wildman–Crippen MR) is 79.4 cm³/mol. The molecule has 6 nitrogen and oxygen atoms in total. The van der Waals surface area contributed by atoms with Crippen LogP contribution in [0.4, 0.5) is 0 Å². The Bertz CT molecular complexity index is 664. The maximum absolute atomic E-state index is 5.78. The van der Waals surface area contributed by atoms with Crippen molar-refractivity contribution >= 4 is 16.7 Å². The number of nitrogens with zero attached hydrogens (tertiary/aromatic N) is 2. The lowest BCUT2D eigenvalue weighted by molar-refractivity contribution is 0.498. The molecule has 1 unspecified atom stereocenters. The van der Waals surface area contributed by atoms with Crippen LogP contribution in [0.25, 0.3) is 10.9 Å². The highest BCUT2D eigenvalue weighted by Gasteiger charge is 2.10. The van der Waals surface area contributed by atoms with E-state index >= 15 is 0 Å². The van der Waals surface area contributed by atoms with E-state index in [0.717, 1.165) is 16.5 Å². The Morgan fingerprint density at radius 2 is 2.20 bits per heavy atom. The fourth-order valence-corrected chi connectivity index (χ4v) is 2.00. The number of aromatic nitrogens is 1. The van der Waals surface area contributed by atoms with Crippen LogP contribution in [0.5, 0.6) is 0 Å². The van der Waals surface area contributed by atoms with Crippen LogP contribution in [0.3, 0.4) is 0 Å². The van der Waals surface area contributed by atoms with E-state index in [-0.39, 0.29) is 6.04 Å². The van der Waals surface area contributed by atoms with Gasteiger partial charge in [0.2, 0.25) is 0 Å². The smallest absolute Gasteiger partial charge is 0.138 e. The van der Waals surface area contributed by atoms with Gasteiger partial charge in [-0.15, -0.1) is 0 Å². The van der Waals surface area contributed by atoms with Crippen molar-refractivity contribution in [1.29, 1.82) is 0 Å². The van der Waals surface area contributed by atoms with E-state index in [1.165, 1.54) is 0 Å². The van der Waals surface area contributed by atoms with Crippen molar-refractivity contribution in [3.05, 3.63) is 54.4 Å². The molecule has 0 amide bonds. The van der Waals surface area contributed by atoms with Gasteiger partial charge in [0, 0.05) is 24.3 Å². The lowest BCUT2D eigenvalue weighted by atomic mass is 10.1. The van der Waals surface area contributed by atoms with Gasteiger partial charge >= 0.3 is 0 Å². The molecule has 1 aliphatic rings. The van der Waals surface area contributed by atoms with Crippen LogP contribution in [0.1, 0.15) is 5.56 Å². The van der Waals surface area contributed by atoms with Crippen LogP contribution in [0, 0.1) is 0 Å². The van der Waals surface area contributed by atoms with E-state index in [1.807, 2.05) is 24.3 Å². The van der Waals surface area contributed by atoms with Crippen molar-refractivity contribution in [1.82, 2.24) is 21.4 Å². The Labute approximate surface area is 116 Å². The van der Waals surface area contributed by atoms with Crippen LogP contribution in [-0.2, 0) is 6.54 Å². The number of fused-ring (bicyclic) bond motifs is 1. The molecular weight excluding hydrogens is 252 g/mol. The Morgan fingerprint density at radius 3 is 3.05 bits per heavy atom. The normalized spacial score (nSPS) is 17.4. The lowest BCUT2D eigenvalue weighted by Gasteiger charge is -2.12. The number of hydrazine groups is 2. The zero-order chi connectivity index (χ0) is 13.8. The quantitative estimate of drug-likeness (QED) is 0.481. The molecule has 1 atom stereocenters. The second-order valence-corrected chi connectivity index (χ2v) is 4.52. The van der Waals surface area contributed by atoms with E-state index in [9.17, 15) is 0 Å².